The van der Waals surface area contributed by atoms with Crippen molar-refractivity contribution in [1.29, 1.82) is 0 Å². The molecule has 0 aliphatic carbocycles. The van der Waals surface area contributed by atoms with E-state index in [1.54, 1.807) is 12.5 Å². The predicted molar refractivity (Wildman–Crippen MR) is 96.6 cm³/mol. The highest BCUT2D eigenvalue weighted by molar-refractivity contribution is 7.13. The molecule has 23 heavy (non-hydrogen) atoms. The molecule has 0 saturated carbocycles. The van der Waals surface area contributed by atoms with Gasteiger partial charge < -0.3 is 15.1 Å². The second kappa shape index (κ2) is 8.68. The van der Waals surface area contributed by atoms with Gasteiger partial charge in [0.25, 0.3) is 5.91 Å². The average Bonchev–Trinajstić information content (AvgIpc) is 3.17. The molecular weight excluding hydrogens is 357 g/mol. The van der Waals surface area contributed by atoms with Crippen LogP contribution in [0.5, 0.6) is 0 Å². The Morgan fingerprint density at radius 3 is 2.91 bits per heavy atom. The molecule has 2 atom stereocenters. The number of aromatic nitrogens is 1. The van der Waals surface area contributed by atoms with Gasteiger partial charge in [-0.05, 0) is 32.3 Å². The fraction of sp³-hybridized carbons (Fsp3) is 0.467. The van der Waals surface area contributed by atoms with Crippen molar-refractivity contribution in [2.24, 2.45) is 5.73 Å². The summed E-state index contributed by atoms with van der Waals surface area (Å²) in [4.78, 5) is 19.0. The Morgan fingerprint density at radius 2 is 2.26 bits per heavy atom. The summed E-state index contributed by atoms with van der Waals surface area (Å²) in [5, 5.41) is 2.62. The minimum absolute atomic E-state index is 0. The van der Waals surface area contributed by atoms with E-state index in [1.807, 2.05) is 23.3 Å². The average molecular weight is 378 g/mol. The monoisotopic (exact) mass is 377 g/mol. The Morgan fingerprint density at radius 1 is 1.48 bits per heavy atom. The minimum Gasteiger partial charge on any atom is -0.472 e. The van der Waals surface area contributed by atoms with E-state index in [-0.39, 0.29) is 42.8 Å². The molecule has 2 N–H and O–H groups in total. The Labute approximate surface area is 152 Å². The van der Waals surface area contributed by atoms with Crippen molar-refractivity contribution in [3.05, 3.63) is 29.7 Å². The van der Waals surface area contributed by atoms with E-state index in [2.05, 4.69) is 4.98 Å². The fourth-order valence-electron chi connectivity index (χ4n) is 2.79. The molecule has 5 nitrogen and oxygen atoms in total. The minimum atomic E-state index is -0.0128. The number of hydrogen-bond acceptors (Lipinski definition) is 5. The Hall–Kier alpha value is -1.08. The molecule has 0 spiro atoms. The van der Waals surface area contributed by atoms with Crippen LogP contribution < -0.4 is 5.73 Å². The molecule has 1 saturated heterocycles. The number of thiazole rings is 1. The van der Waals surface area contributed by atoms with Crippen LogP contribution in [-0.4, -0.2) is 34.4 Å². The van der Waals surface area contributed by atoms with E-state index in [1.165, 1.54) is 11.3 Å². The van der Waals surface area contributed by atoms with Crippen molar-refractivity contribution in [1.82, 2.24) is 9.88 Å². The number of carbonyl (C=O) groups is 1. The van der Waals surface area contributed by atoms with Gasteiger partial charge in [0.15, 0.2) is 0 Å². The number of carbonyl (C=O) groups excluding carboxylic acids is 1. The van der Waals surface area contributed by atoms with Crippen molar-refractivity contribution in [2.45, 2.75) is 38.3 Å². The summed E-state index contributed by atoms with van der Waals surface area (Å²) in [5.41, 5.74) is 7.44. The number of amides is 1. The number of nitrogens with zero attached hydrogens (tertiary/aromatic N) is 2. The van der Waals surface area contributed by atoms with Crippen LogP contribution in [0.4, 0.5) is 0 Å². The lowest BCUT2D eigenvalue weighted by Gasteiger charge is -2.37. The zero-order valence-electron chi connectivity index (χ0n) is 12.8. The maximum Gasteiger partial charge on any atom is 0.273 e. The molecule has 1 fully saturated rings. The number of likely N-dealkylation sites (tertiary alicyclic amines) is 1. The van der Waals surface area contributed by atoms with Crippen molar-refractivity contribution >= 4 is 42.1 Å². The topological polar surface area (TPSA) is 72.4 Å². The number of piperidine rings is 1. The van der Waals surface area contributed by atoms with Crippen LogP contribution in [-0.2, 0) is 0 Å². The summed E-state index contributed by atoms with van der Waals surface area (Å²) in [6.07, 6.45) is 6.39. The molecule has 1 amide bonds. The van der Waals surface area contributed by atoms with E-state index in [9.17, 15) is 4.79 Å². The largest absolute Gasteiger partial charge is 0.472 e. The van der Waals surface area contributed by atoms with Gasteiger partial charge in [-0.3, -0.25) is 4.79 Å². The van der Waals surface area contributed by atoms with Crippen molar-refractivity contribution < 1.29 is 9.21 Å². The van der Waals surface area contributed by atoms with E-state index < -0.39 is 0 Å². The Balaban J connectivity index is 0.00000132. The lowest BCUT2D eigenvalue weighted by molar-refractivity contribution is 0.0578. The molecule has 2 unspecified atom stereocenters. The number of nitrogens with two attached hydrogens (primary N) is 1. The Bertz CT molecular complexity index is 616. The van der Waals surface area contributed by atoms with Crippen molar-refractivity contribution in [3.63, 3.8) is 0 Å². The standard InChI is InChI=1S/C15H19N3O2S.2ClH/c1-10(16)13-4-2-3-6-18(13)15(19)12-9-21-14(17-12)11-5-7-20-8-11;;/h5,7-10,13H,2-4,6,16H2,1H3;2*1H. The van der Waals surface area contributed by atoms with Crippen LogP contribution in [0.1, 0.15) is 36.7 Å². The maximum atomic E-state index is 12.7. The lowest BCUT2D eigenvalue weighted by Crippen LogP contribution is -2.51. The summed E-state index contributed by atoms with van der Waals surface area (Å²) in [7, 11) is 0. The lowest BCUT2D eigenvalue weighted by atomic mass is 9.96. The number of hydrogen-bond donors (Lipinski definition) is 1. The molecule has 3 rings (SSSR count). The van der Waals surface area contributed by atoms with Crippen LogP contribution in [0, 0.1) is 0 Å². The van der Waals surface area contributed by atoms with E-state index in [0.717, 1.165) is 36.4 Å². The third-order valence-corrected chi connectivity index (χ3v) is 4.80. The normalized spacial score (nSPS) is 18.7. The quantitative estimate of drug-likeness (QED) is 0.886. The summed E-state index contributed by atoms with van der Waals surface area (Å²) >= 11 is 1.46. The third-order valence-electron chi connectivity index (χ3n) is 3.91. The van der Waals surface area contributed by atoms with Crippen LogP contribution >= 0.6 is 36.2 Å². The van der Waals surface area contributed by atoms with Crippen LogP contribution in [0.2, 0.25) is 0 Å². The summed E-state index contributed by atoms with van der Waals surface area (Å²) < 4.78 is 5.06. The smallest absolute Gasteiger partial charge is 0.273 e. The molecule has 8 heteroatoms. The van der Waals surface area contributed by atoms with Gasteiger partial charge in [-0.25, -0.2) is 4.98 Å². The van der Waals surface area contributed by atoms with E-state index in [4.69, 9.17) is 10.2 Å². The van der Waals surface area contributed by atoms with Gasteiger partial charge >= 0.3 is 0 Å². The summed E-state index contributed by atoms with van der Waals surface area (Å²) in [6, 6.07) is 1.95. The van der Waals surface area contributed by atoms with E-state index in [0.29, 0.717) is 5.69 Å². The zero-order chi connectivity index (χ0) is 14.8. The summed E-state index contributed by atoms with van der Waals surface area (Å²) in [5.74, 6) is -0.0111. The number of furan rings is 1. The Kier molecular flexibility index (Phi) is 7.54. The van der Waals surface area contributed by atoms with Crippen LogP contribution in [0.15, 0.2) is 28.4 Å². The molecule has 3 heterocycles. The first-order valence-electron chi connectivity index (χ1n) is 7.21. The van der Waals surface area contributed by atoms with Crippen molar-refractivity contribution in [2.75, 3.05) is 6.54 Å². The van der Waals surface area contributed by atoms with Crippen molar-refractivity contribution in [3.8, 4) is 10.6 Å². The van der Waals surface area contributed by atoms with Gasteiger partial charge in [-0.15, -0.1) is 36.2 Å². The SMILES string of the molecule is CC(N)C1CCCCN1C(=O)c1csc(-c2ccoc2)n1.Cl.Cl. The maximum absolute atomic E-state index is 12.7. The number of halogens is 2. The highest BCUT2D eigenvalue weighted by Gasteiger charge is 2.31. The van der Waals surface area contributed by atoms with Gasteiger partial charge in [-0.1, -0.05) is 0 Å². The highest BCUT2D eigenvalue weighted by atomic mass is 35.5. The first-order valence-corrected chi connectivity index (χ1v) is 8.09. The first kappa shape index (κ1) is 20.0. The molecular formula is C15H21Cl2N3O2S. The molecule has 128 valence electrons. The van der Waals surface area contributed by atoms with Crippen LogP contribution in [0.3, 0.4) is 0 Å². The van der Waals surface area contributed by atoms with Gasteiger partial charge in [0.1, 0.15) is 17.0 Å². The zero-order valence-corrected chi connectivity index (χ0v) is 15.3. The van der Waals surface area contributed by atoms with E-state index >= 15 is 0 Å². The molecule has 1 aliphatic heterocycles. The van der Waals surface area contributed by atoms with Gasteiger partial charge in [-0.2, -0.15) is 0 Å². The first-order chi connectivity index (χ1) is 10.2. The van der Waals surface area contributed by atoms with Gasteiger partial charge in [0.05, 0.1) is 6.26 Å². The highest BCUT2D eigenvalue weighted by Crippen LogP contribution is 2.26. The second-order valence-electron chi connectivity index (χ2n) is 5.47. The van der Waals surface area contributed by atoms with Crippen LogP contribution in [0.25, 0.3) is 10.6 Å². The molecule has 0 aromatic carbocycles. The number of rotatable bonds is 3. The van der Waals surface area contributed by atoms with Gasteiger partial charge in [0, 0.05) is 29.6 Å². The van der Waals surface area contributed by atoms with Gasteiger partial charge in [0.2, 0.25) is 0 Å². The fourth-order valence-corrected chi connectivity index (χ4v) is 3.57. The predicted octanol–water partition coefficient (Wildman–Crippen LogP) is 3.59. The molecule has 2 aromatic rings. The molecule has 0 radical (unpaired) electrons. The molecule has 1 aliphatic rings. The second-order valence-corrected chi connectivity index (χ2v) is 6.33. The third kappa shape index (κ3) is 4.26. The summed E-state index contributed by atoms with van der Waals surface area (Å²) in [6.45, 7) is 2.73. The molecule has 0 bridgehead atoms. The molecule has 2 aromatic heterocycles.